The first-order chi connectivity index (χ1) is 8.13. The van der Waals surface area contributed by atoms with Crippen molar-refractivity contribution in [2.75, 3.05) is 6.54 Å². The van der Waals surface area contributed by atoms with Crippen molar-refractivity contribution in [3.63, 3.8) is 0 Å². The summed E-state index contributed by atoms with van der Waals surface area (Å²) in [6.45, 7) is 2.59. The van der Waals surface area contributed by atoms with Crippen molar-refractivity contribution in [2.24, 2.45) is 5.92 Å². The van der Waals surface area contributed by atoms with Gasteiger partial charge in [-0.15, -0.1) is 0 Å². The van der Waals surface area contributed by atoms with Crippen LogP contribution in [0.1, 0.15) is 37.8 Å². The van der Waals surface area contributed by atoms with Gasteiger partial charge < -0.3 is 5.32 Å². The average Bonchev–Trinajstić information content (AvgIpc) is 3.10. The quantitative estimate of drug-likeness (QED) is 0.780. The Bertz CT molecular complexity index is 402. The van der Waals surface area contributed by atoms with Crippen molar-refractivity contribution < 1.29 is 13.2 Å². The first-order valence-corrected chi connectivity index (χ1v) is 6.00. The average molecular weight is 243 g/mol. The van der Waals surface area contributed by atoms with Crippen LogP contribution in [0.15, 0.2) is 12.1 Å². The maximum Gasteiger partial charge on any atom is 0.194 e. The lowest BCUT2D eigenvalue weighted by atomic mass is 10.00. The van der Waals surface area contributed by atoms with Gasteiger partial charge in [0.25, 0.3) is 0 Å². The van der Waals surface area contributed by atoms with E-state index in [0.717, 1.165) is 25.3 Å². The van der Waals surface area contributed by atoms with Gasteiger partial charge in [-0.25, -0.2) is 13.2 Å². The third-order valence-corrected chi connectivity index (χ3v) is 3.16. The number of halogens is 3. The van der Waals surface area contributed by atoms with Crippen molar-refractivity contribution in [2.45, 2.75) is 32.2 Å². The lowest BCUT2D eigenvalue weighted by molar-refractivity contribution is 0.413. The van der Waals surface area contributed by atoms with Crippen LogP contribution in [0.2, 0.25) is 0 Å². The van der Waals surface area contributed by atoms with Gasteiger partial charge in [0.2, 0.25) is 0 Å². The van der Waals surface area contributed by atoms with Gasteiger partial charge in [0.15, 0.2) is 17.5 Å². The molecule has 0 radical (unpaired) electrons. The van der Waals surface area contributed by atoms with Crippen molar-refractivity contribution >= 4 is 0 Å². The van der Waals surface area contributed by atoms with Gasteiger partial charge in [-0.1, -0.05) is 25.8 Å². The molecule has 4 heteroatoms. The molecule has 1 saturated carbocycles. The minimum Gasteiger partial charge on any atom is -0.310 e. The smallest absolute Gasteiger partial charge is 0.194 e. The van der Waals surface area contributed by atoms with Crippen molar-refractivity contribution in [3.05, 3.63) is 35.1 Å². The highest BCUT2D eigenvalue weighted by Crippen LogP contribution is 2.38. The number of benzene rings is 1. The van der Waals surface area contributed by atoms with Crippen LogP contribution < -0.4 is 5.32 Å². The van der Waals surface area contributed by atoms with E-state index >= 15 is 0 Å². The third kappa shape index (κ3) is 2.80. The van der Waals surface area contributed by atoms with Crippen molar-refractivity contribution in [3.8, 4) is 0 Å². The zero-order valence-electron chi connectivity index (χ0n) is 9.77. The largest absolute Gasteiger partial charge is 0.310 e. The summed E-state index contributed by atoms with van der Waals surface area (Å²) in [5.74, 6) is -2.97. The van der Waals surface area contributed by atoms with Gasteiger partial charge in [-0.2, -0.15) is 0 Å². The summed E-state index contributed by atoms with van der Waals surface area (Å²) in [7, 11) is 0. The number of hydrogen-bond donors (Lipinski definition) is 1. The van der Waals surface area contributed by atoms with E-state index in [4.69, 9.17) is 0 Å². The molecule has 0 spiro atoms. The van der Waals surface area contributed by atoms with Crippen molar-refractivity contribution in [1.82, 2.24) is 5.32 Å². The Morgan fingerprint density at radius 3 is 2.53 bits per heavy atom. The predicted molar refractivity (Wildman–Crippen MR) is 60.1 cm³/mol. The van der Waals surface area contributed by atoms with Crippen LogP contribution in [0.4, 0.5) is 13.2 Å². The van der Waals surface area contributed by atoms with Gasteiger partial charge in [0, 0.05) is 11.6 Å². The molecule has 0 aromatic heterocycles. The highest BCUT2D eigenvalue weighted by molar-refractivity contribution is 5.24. The summed E-state index contributed by atoms with van der Waals surface area (Å²) in [5, 5.41) is 3.13. The number of nitrogens with one attached hydrogen (secondary N) is 1. The Morgan fingerprint density at radius 1 is 1.24 bits per heavy atom. The summed E-state index contributed by atoms with van der Waals surface area (Å²) in [5.41, 5.74) is 0.234. The molecule has 1 aromatic rings. The second kappa shape index (κ2) is 5.08. The molecule has 94 valence electrons. The molecule has 1 nitrogen and oxygen atoms in total. The lowest BCUT2D eigenvalue weighted by Gasteiger charge is -2.19. The first-order valence-electron chi connectivity index (χ1n) is 6.00. The van der Waals surface area contributed by atoms with E-state index in [2.05, 4.69) is 5.32 Å². The minimum atomic E-state index is -1.37. The number of rotatable bonds is 5. The summed E-state index contributed by atoms with van der Waals surface area (Å²) >= 11 is 0. The van der Waals surface area contributed by atoms with Crippen LogP contribution in [0, 0.1) is 23.4 Å². The van der Waals surface area contributed by atoms with E-state index in [9.17, 15) is 13.2 Å². The van der Waals surface area contributed by atoms with Gasteiger partial charge in [-0.3, -0.25) is 0 Å². The van der Waals surface area contributed by atoms with E-state index in [0.29, 0.717) is 12.5 Å². The van der Waals surface area contributed by atoms with E-state index in [-0.39, 0.29) is 11.6 Å². The Kier molecular flexibility index (Phi) is 3.72. The highest BCUT2D eigenvalue weighted by atomic mass is 19.2. The van der Waals surface area contributed by atoms with E-state index < -0.39 is 17.5 Å². The van der Waals surface area contributed by atoms with E-state index in [1.807, 2.05) is 6.92 Å². The monoisotopic (exact) mass is 243 g/mol. The molecule has 1 fully saturated rings. The molecule has 1 aromatic carbocycles. The third-order valence-electron chi connectivity index (χ3n) is 3.16. The minimum absolute atomic E-state index is 0.220. The molecule has 0 aliphatic heterocycles. The molecule has 0 heterocycles. The second-order valence-electron chi connectivity index (χ2n) is 4.55. The maximum atomic E-state index is 13.7. The molecular weight excluding hydrogens is 227 g/mol. The normalized spacial score (nSPS) is 17.2. The molecule has 1 unspecified atom stereocenters. The molecule has 1 atom stereocenters. The van der Waals surface area contributed by atoms with Crippen molar-refractivity contribution in [1.29, 1.82) is 0 Å². The van der Waals surface area contributed by atoms with Crippen LogP contribution in [0.3, 0.4) is 0 Å². The number of hydrogen-bond acceptors (Lipinski definition) is 1. The molecule has 0 bridgehead atoms. The zero-order valence-corrected chi connectivity index (χ0v) is 9.77. The molecule has 2 rings (SSSR count). The molecule has 17 heavy (non-hydrogen) atoms. The summed E-state index contributed by atoms with van der Waals surface area (Å²) in [6.07, 6.45) is 3.08. The second-order valence-corrected chi connectivity index (χ2v) is 4.55. The van der Waals surface area contributed by atoms with Gasteiger partial charge in [-0.05, 0) is 24.9 Å². The Morgan fingerprint density at radius 2 is 1.94 bits per heavy atom. The molecular formula is C13H16F3N. The molecule has 0 amide bonds. The summed E-state index contributed by atoms with van der Waals surface area (Å²) in [4.78, 5) is 0. The van der Waals surface area contributed by atoms with Gasteiger partial charge >= 0.3 is 0 Å². The lowest BCUT2D eigenvalue weighted by Crippen LogP contribution is -2.23. The van der Waals surface area contributed by atoms with Crippen LogP contribution in [0.25, 0.3) is 0 Å². The fourth-order valence-electron chi connectivity index (χ4n) is 2.06. The molecule has 0 saturated heterocycles. The topological polar surface area (TPSA) is 12.0 Å². The highest BCUT2D eigenvalue weighted by Gasteiger charge is 2.28. The Labute approximate surface area is 99.0 Å². The van der Waals surface area contributed by atoms with Crippen LogP contribution in [-0.2, 0) is 0 Å². The SMILES string of the molecule is CCNC(CC1CC1)c1ccc(F)c(F)c1F. The first kappa shape index (κ1) is 12.4. The van der Waals surface area contributed by atoms with Crippen LogP contribution >= 0.6 is 0 Å². The van der Waals surface area contributed by atoms with E-state index in [1.54, 1.807) is 0 Å². The summed E-state index contributed by atoms with van der Waals surface area (Å²) < 4.78 is 39.7. The Balaban J connectivity index is 2.24. The Hall–Kier alpha value is -1.03. The fourth-order valence-corrected chi connectivity index (χ4v) is 2.06. The summed E-state index contributed by atoms with van der Waals surface area (Å²) in [6, 6.07) is 2.11. The van der Waals surface area contributed by atoms with E-state index in [1.165, 1.54) is 6.07 Å². The predicted octanol–water partition coefficient (Wildman–Crippen LogP) is 3.55. The van der Waals surface area contributed by atoms with Gasteiger partial charge in [0.1, 0.15) is 0 Å². The molecule has 1 aliphatic carbocycles. The van der Waals surface area contributed by atoms with Crippen LogP contribution in [-0.4, -0.2) is 6.54 Å². The zero-order chi connectivity index (χ0) is 12.4. The molecule has 1 aliphatic rings. The molecule has 1 N–H and O–H groups in total. The van der Waals surface area contributed by atoms with Gasteiger partial charge in [0.05, 0.1) is 0 Å². The fraction of sp³-hybridized carbons (Fsp3) is 0.538. The maximum absolute atomic E-state index is 13.7. The van der Waals surface area contributed by atoms with Crippen LogP contribution in [0.5, 0.6) is 0 Å². The standard InChI is InChI=1S/C13H16F3N/c1-2-17-11(7-8-3-4-8)9-5-6-10(14)13(16)12(9)15/h5-6,8,11,17H,2-4,7H2,1H3.